The number of rotatable bonds is 3. The van der Waals surface area contributed by atoms with Crippen molar-refractivity contribution >= 4 is 5.97 Å². The molecular weight excluding hydrogens is 214 g/mol. The van der Waals surface area contributed by atoms with Crippen LogP contribution in [0.3, 0.4) is 0 Å². The Bertz CT molecular complexity index is 271. The van der Waals surface area contributed by atoms with Gasteiger partial charge < -0.3 is 5.11 Å². The number of aliphatic carboxylic acids is 1. The van der Waals surface area contributed by atoms with Gasteiger partial charge in [-0.05, 0) is 51.5 Å². The van der Waals surface area contributed by atoms with Gasteiger partial charge in [-0.15, -0.1) is 0 Å². The molecule has 1 saturated heterocycles. The third-order valence-corrected chi connectivity index (χ3v) is 4.98. The molecule has 0 bridgehead atoms. The number of likely N-dealkylation sites (tertiary alicyclic amines) is 1. The maximum atomic E-state index is 11.1. The van der Waals surface area contributed by atoms with Crippen molar-refractivity contribution in [2.24, 2.45) is 11.8 Å². The lowest BCUT2D eigenvalue weighted by atomic mass is 9.83. The van der Waals surface area contributed by atoms with Gasteiger partial charge in [0.15, 0.2) is 0 Å². The van der Waals surface area contributed by atoms with E-state index < -0.39 is 5.97 Å². The van der Waals surface area contributed by atoms with E-state index >= 15 is 0 Å². The van der Waals surface area contributed by atoms with Crippen LogP contribution < -0.4 is 0 Å². The van der Waals surface area contributed by atoms with Crippen LogP contribution in [0.15, 0.2) is 0 Å². The van der Waals surface area contributed by atoms with Crippen molar-refractivity contribution in [3.05, 3.63) is 0 Å². The summed E-state index contributed by atoms with van der Waals surface area (Å²) in [6.07, 6.45) is 7.36. The summed E-state index contributed by atoms with van der Waals surface area (Å²) in [7, 11) is 0. The normalized spacial score (nSPS) is 39.4. The van der Waals surface area contributed by atoms with Gasteiger partial charge in [-0.1, -0.05) is 13.3 Å². The van der Waals surface area contributed by atoms with E-state index in [9.17, 15) is 4.79 Å². The summed E-state index contributed by atoms with van der Waals surface area (Å²) in [5.74, 6) is 0.167. The Hall–Kier alpha value is -0.570. The fourth-order valence-electron chi connectivity index (χ4n) is 3.69. The zero-order chi connectivity index (χ0) is 12.4. The van der Waals surface area contributed by atoms with Crippen molar-refractivity contribution in [2.75, 3.05) is 6.54 Å². The Labute approximate surface area is 104 Å². The monoisotopic (exact) mass is 239 g/mol. The molecule has 3 heteroatoms. The summed E-state index contributed by atoms with van der Waals surface area (Å²) < 4.78 is 0. The molecule has 2 aliphatic rings. The van der Waals surface area contributed by atoms with Crippen molar-refractivity contribution in [1.29, 1.82) is 0 Å². The van der Waals surface area contributed by atoms with Gasteiger partial charge in [0.1, 0.15) is 0 Å². The van der Waals surface area contributed by atoms with Gasteiger partial charge in [-0.25, -0.2) is 0 Å². The Morgan fingerprint density at radius 1 is 1.24 bits per heavy atom. The number of carboxylic acid groups (broad SMARTS) is 1. The highest BCUT2D eigenvalue weighted by Gasteiger charge is 2.39. The fraction of sp³-hybridized carbons (Fsp3) is 0.929. The standard InChI is InChI=1S/C14H25NO2/c1-3-11-4-6-12(7-5-11)15-9-8-13(10(15)2)14(16)17/h10-13H,3-9H2,1-2H3,(H,16,17). The number of hydrogen-bond donors (Lipinski definition) is 1. The predicted octanol–water partition coefficient (Wildman–Crippen LogP) is 2.75. The van der Waals surface area contributed by atoms with Crippen molar-refractivity contribution in [3.63, 3.8) is 0 Å². The van der Waals surface area contributed by atoms with E-state index in [1.807, 2.05) is 0 Å². The first-order chi connectivity index (χ1) is 8.13. The first-order valence-electron chi connectivity index (χ1n) is 7.12. The average Bonchev–Trinajstić information content (AvgIpc) is 2.71. The van der Waals surface area contributed by atoms with Crippen LogP contribution in [0.25, 0.3) is 0 Å². The summed E-state index contributed by atoms with van der Waals surface area (Å²) in [6, 6.07) is 0.882. The lowest BCUT2D eigenvalue weighted by molar-refractivity contribution is -0.142. The van der Waals surface area contributed by atoms with E-state index in [0.717, 1.165) is 18.9 Å². The Kier molecular flexibility index (Phi) is 4.08. The number of carboxylic acids is 1. The maximum absolute atomic E-state index is 11.1. The smallest absolute Gasteiger partial charge is 0.308 e. The molecule has 0 spiro atoms. The van der Waals surface area contributed by atoms with Gasteiger partial charge in [0, 0.05) is 12.1 Å². The van der Waals surface area contributed by atoms with Crippen LogP contribution in [0.4, 0.5) is 0 Å². The van der Waals surface area contributed by atoms with Crippen LogP contribution in [0, 0.1) is 11.8 Å². The van der Waals surface area contributed by atoms with Gasteiger partial charge in [0.2, 0.25) is 0 Å². The summed E-state index contributed by atoms with van der Waals surface area (Å²) >= 11 is 0. The van der Waals surface area contributed by atoms with Gasteiger partial charge in [-0.3, -0.25) is 9.69 Å². The molecule has 1 saturated carbocycles. The number of hydrogen-bond acceptors (Lipinski definition) is 2. The summed E-state index contributed by atoms with van der Waals surface area (Å²) in [5.41, 5.74) is 0. The van der Waals surface area contributed by atoms with Gasteiger partial charge in [-0.2, -0.15) is 0 Å². The second kappa shape index (κ2) is 5.38. The average molecular weight is 239 g/mol. The van der Waals surface area contributed by atoms with Crippen molar-refractivity contribution in [2.45, 2.75) is 64.5 Å². The van der Waals surface area contributed by atoms with Crippen molar-refractivity contribution in [1.82, 2.24) is 4.90 Å². The Balaban J connectivity index is 1.90. The first kappa shape index (κ1) is 12.9. The van der Waals surface area contributed by atoms with Gasteiger partial charge >= 0.3 is 5.97 Å². The predicted molar refractivity (Wildman–Crippen MR) is 67.9 cm³/mol. The summed E-state index contributed by atoms with van der Waals surface area (Å²) in [6.45, 7) is 5.36. The minimum absolute atomic E-state index is 0.140. The maximum Gasteiger partial charge on any atom is 0.308 e. The molecule has 98 valence electrons. The largest absolute Gasteiger partial charge is 0.481 e. The van der Waals surface area contributed by atoms with E-state index in [0.29, 0.717) is 6.04 Å². The molecule has 2 fully saturated rings. The molecule has 0 aromatic heterocycles. The van der Waals surface area contributed by atoms with Crippen LogP contribution in [0.2, 0.25) is 0 Å². The lowest BCUT2D eigenvalue weighted by Crippen LogP contribution is -2.42. The Morgan fingerprint density at radius 3 is 2.35 bits per heavy atom. The summed E-state index contributed by atoms with van der Waals surface area (Å²) in [5, 5.41) is 9.15. The topological polar surface area (TPSA) is 40.5 Å². The van der Waals surface area contributed by atoms with Gasteiger partial charge in [0.05, 0.1) is 5.92 Å². The van der Waals surface area contributed by atoms with Crippen molar-refractivity contribution < 1.29 is 9.90 Å². The minimum atomic E-state index is -0.609. The molecule has 3 nitrogen and oxygen atoms in total. The van der Waals surface area contributed by atoms with E-state index in [-0.39, 0.29) is 12.0 Å². The van der Waals surface area contributed by atoms with E-state index in [4.69, 9.17) is 5.11 Å². The molecule has 1 heterocycles. The Morgan fingerprint density at radius 2 is 1.88 bits per heavy atom. The zero-order valence-electron chi connectivity index (χ0n) is 11.1. The third kappa shape index (κ3) is 2.65. The molecule has 2 atom stereocenters. The van der Waals surface area contributed by atoms with Crippen LogP contribution in [-0.4, -0.2) is 34.6 Å². The molecule has 0 aromatic carbocycles. The molecule has 0 aromatic rings. The van der Waals surface area contributed by atoms with Crippen LogP contribution in [0.5, 0.6) is 0 Å². The first-order valence-corrected chi connectivity index (χ1v) is 7.12. The highest BCUT2D eigenvalue weighted by Crippen LogP contribution is 2.34. The highest BCUT2D eigenvalue weighted by atomic mass is 16.4. The number of carbonyl (C=O) groups is 1. The zero-order valence-corrected chi connectivity index (χ0v) is 11.1. The van der Waals surface area contributed by atoms with Crippen molar-refractivity contribution in [3.8, 4) is 0 Å². The molecule has 0 amide bonds. The lowest BCUT2D eigenvalue weighted by Gasteiger charge is -2.37. The quantitative estimate of drug-likeness (QED) is 0.823. The SMILES string of the molecule is CCC1CCC(N2CCC(C(=O)O)C2C)CC1. The highest BCUT2D eigenvalue weighted by molar-refractivity contribution is 5.71. The molecule has 2 rings (SSSR count). The second-order valence-electron chi connectivity index (χ2n) is 5.79. The molecular formula is C14H25NO2. The third-order valence-electron chi connectivity index (χ3n) is 4.98. The molecule has 1 N–H and O–H groups in total. The van der Waals surface area contributed by atoms with Crippen LogP contribution in [-0.2, 0) is 4.79 Å². The second-order valence-corrected chi connectivity index (χ2v) is 5.79. The molecule has 1 aliphatic carbocycles. The molecule has 17 heavy (non-hydrogen) atoms. The molecule has 2 unspecified atom stereocenters. The van der Waals surface area contributed by atoms with E-state index in [1.54, 1.807) is 0 Å². The fourth-order valence-corrected chi connectivity index (χ4v) is 3.69. The summed E-state index contributed by atoms with van der Waals surface area (Å²) in [4.78, 5) is 13.6. The molecule has 1 aliphatic heterocycles. The van der Waals surface area contributed by atoms with E-state index in [1.165, 1.54) is 32.1 Å². The molecule has 0 radical (unpaired) electrons. The minimum Gasteiger partial charge on any atom is -0.481 e. The van der Waals surface area contributed by atoms with E-state index in [2.05, 4.69) is 18.7 Å². The van der Waals surface area contributed by atoms with Crippen LogP contribution in [0.1, 0.15) is 52.4 Å². The number of nitrogens with zero attached hydrogens (tertiary/aromatic N) is 1. The van der Waals surface area contributed by atoms with Gasteiger partial charge in [0.25, 0.3) is 0 Å². The van der Waals surface area contributed by atoms with Crippen LogP contribution >= 0.6 is 0 Å².